The van der Waals surface area contributed by atoms with E-state index < -0.39 is 35.2 Å². The Morgan fingerprint density at radius 1 is 0.875 bits per heavy atom. The number of carbonyl (C=O) groups excluding carboxylic acids is 4. The van der Waals surface area contributed by atoms with Gasteiger partial charge in [0.1, 0.15) is 17.7 Å². The van der Waals surface area contributed by atoms with Gasteiger partial charge >= 0.3 is 6.09 Å². The highest BCUT2D eigenvalue weighted by Gasteiger charge is 2.44. The minimum absolute atomic E-state index is 0.0422. The lowest BCUT2D eigenvalue weighted by molar-refractivity contribution is -0.152. The standard InChI is InChI=1S/C39H49N3O6/c1-26(43)28-20-18-27(19-21-28)23-41(33(25-47-8)29-14-10-9-11-15-29)35(44)32-22-30-16-12-13-17-31(30)24-42(32)36(45)34(38(2,3)4)40-37(46)48-39(5,6)7/h9-21,32-34H,22-25H2,1-8H3,(H,40,46)/t32-,33-,34+/m0/s1. The van der Waals surface area contributed by atoms with E-state index in [2.05, 4.69) is 5.32 Å². The first-order valence-corrected chi connectivity index (χ1v) is 16.4. The zero-order valence-corrected chi connectivity index (χ0v) is 29.4. The van der Waals surface area contributed by atoms with Crippen LogP contribution in [0.25, 0.3) is 0 Å². The first-order valence-electron chi connectivity index (χ1n) is 16.4. The van der Waals surface area contributed by atoms with Crippen LogP contribution in [0.2, 0.25) is 0 Å². The van der Waals surface area contributed by atoms with Crippen LogP contribution < -0.4 is 5.32 Å². The van der Waals surface area contributed by atoms with Crippen molar-refractivity contribution < 1.29 is 28.7 Å². The van der Waals surface area contributed by atoms with E-state index in [1.807, 2.05) is 87.5 Å². The number of amides is 3. The van der Waals surface area contributed by atoms with Crippen LogP contribution >= 0.6 is 0 Å². The Morgan fingerprint density at radius 3 is 2.04 bits per heavy atom. The molecule has 0 saturated heterocycles. The van der Waals surface area contributed by atoms with E-state index in [1.54, 1.807) is 49.8 Å². The van der Waals surface area contributed by atoms with E-state index in [1.165, 1.54) is 6.92 Å². The molecular formula is C39H49N3O6. The summed E-state index contributed by atoms with van der Waals surface area (Å²) in [5, 5.41) is 2.82. The third kappa shape index (κ3) is 9.10. The molecule has 1 heterocycles. The predicted molar refractivity (Wildman–Crippen MR) is 185 cm³/mol. The summed E-state index contributed by atoms with van der Waals surface area (Å²) in [4.78, 5) is 58.1. The van der Waals surface area contributed by atoms with Gasteiger partial charge < -0.3 is 24.6 Å². The molecule has 0 saturated carbocycles. The Morgan fingerprint density at radius 2 is 1.48 bits per heavy atom. The molecular weight excluding hydrogens is 606 g/mol. The topological polar surface area (TPSA) is 105 Å². The fraction of sp³-hybridized carbons (Fsp3) is 0.436. The van der Waals surface area contributed by atoms with Crippen LogP contribution in [0, 0.1) is 5.41 Å². The second-order valence-corrected chi connectivity index (χ2v) is 14.5. The predicted octanol–water partition coefficient (Wildman–Crippen LogP) is 6.50. The van der Waals surface area contributed by atoms with Gasteiger partial charge in [0.05, 0.1) is 12.6 Å². The Hall–Kier alpha value is -4.50. The highest BCUT2D eigenvalue weighted by molar-refractivity contribution is 5.94. The number of rotatable bonds is 10. The minimum Gasteiger partial charge on any atom is -0.444 e. The van der Waals surface area contributed by atoms with Gasteiger partial charge in [0.25, 0.3) is 0 Å². The number of nitrogens with zero attached hydrogens (tertiary/aromatic N) is 2. The van der Waals surface area contributed by atoms with Crippen LogP contribution in [0.3, 0.4) is 0 Å². The van der Waals surface area contributed by atoms with E-state index in [0.717, 1.165) is 22.3 Å². The van der Waals surface area contributed by atoms with Crippen LogP contribution in [0.1, 0.15) is 87.1 Å². The molecule has 4 rings (SSSR count). The van der Waals surface area contributed by atoms with Crippen molar-refractivity contribution in [1.29, 1.82) is 0 Å². The molecule has 9 nitrogen and oxygen atoms in total. The molecule has 1 aliphatic rings. The number of hydrogen-bond donors (Lipinski definition) is 1. The number of nitrogens with one attached hydrogen (secondary N) is 1. The summed E-state index contributed by atoms with van der Waals surface area (Å²) in [6.07, 6.45) is -0.394. The van der Waals surface area contributed by atoms with Crippen molar-refractivity contribution in [3.05, 3.63) is 107 Å². The minimum atomic E-state index is -0.968. The number of hydrogen-bond acceptors (Lipinski definition) is 6. The van der Waals surface area contributed by atoms with Crippen molar-refractivity contribution in [1.82, 2.24) is 15.1 Å². The molecule has 0 fully saturated rings. The summed E-state index contributed by atoms with van der Waals surface area (Å²) in [5.74, 6) is -0.654. The number of methoxy groups -OCH3 is 1. The van der Waals surface area contributed by atoms with Crippen molar-refractivity contribution in [3.63, 3.8) is 0 Å². The lowest BCUT2D eigenvalue weighted by atomic mass is 9.84. The van der Waals surface area contributed by atoms with E-state index in [9.17, 15) is 14.4 Å². The third-order valence-corrected chi connectivity index (χ3v) is 8.47. The summed E-state index contributed by atoms with van der Waals surface area (Å²) >= 11 is 0. The number of benzene rings is 3. The quantitative estimate of drug-likeness (QED) is 0.250. The smallest absolute Gasteiger partial charge is 0.408 e. The van der Waals surface area contributed by atoms with E-state index in [-0.39, 0.29) is 37.3 Å². The van der Waals surface area contributed by atoms with Crippen molar-refractivity contribution in [2.75, 3.05) is 13.7 Å². The van der Waals surface area contributed by atoms with Gasteiger partial charge in [-0.15, -0.1) is 0 Å². The van der Waals surface area contributed by atoms with Gasteiger partial charge in [0, 0.05) is 32.2 Å². The van der Waals surface area contributed by atoms with Gasteiger partial charge in [-0.1, -0.05) is 99.6 Å². The summed E-state index contributed by atoms with van der Waals surface area (Å²) in [7, 11) is 1.60. The van der Waals surface area contributed by atoms with Gasteiger partial charge in [-0.25, -0.2) is 4.79 Å². The maximum absolute atomic E-state index is 15.1. The number of Topliss-reactive ketones (excluding diaryl/α,β-unsaturated/α-hetero) is 1. The van der Waals surface area contributed by atoms with Crippen LogP contribution in [-0.2, 0) is 38.6 Å². The Labute approximate surface area is 284 Å². The Kier molecular flexibility index (Phi) is 11.5. The number of alkyl carbamates (subject to hydrolysis) is 1. The Balaban J connectivity index is 1.79. The number of fused-ring (bicyclic) bond motifs is 1. The van der Waals surface area contributed by atoms with Gasteiger partial charge in [0.15, 0.2) is 5.78 Å². The van der Waals surface area contributed by atoms with Gasteiger partial charge in [0.2, 0.25) is 11.8 Å². The largest absolute Gasteiger partial charge is 0.444 e. The van der Waals surface area contributed by atoms with Crippen molar-refractivity contribution in [2.24, 2.45) is 5.41 Å². The maximum atomic E-state index is 15.1. The van der Waals surface area contributed by atoms with Crippen LogP contribution in [0.15, 0.2) is 78.9 Å². The number of carbonyl (C=O) groups is 4. The normalized spacial score (nSPS) is 15.9. The molecule has 0 radical (unpaired) electrons. The molecule has 9 heteroatoms. The third-order valence-electron chi connectivity index (χ3n) is 8.47. The molecule has 256 valence electrons. The lowest BCUT2D eigenvalue weighted by Crippen LogP contribution is -2.61. The SMILES string of the molecule is COC[C@@H](c1ccccc1)N(Cc1ccc(C(C)=O)cc1)C(=O)[C@@H]1Cc2ccccc2CN1C(=O)[C@@H](NC(=O)OC(C)(C)C)C(C)(C)C. The zero-order valence-electron chi connectivity index (χ0n) is 29.4. The molecule has 0 unspecified atom stereocenters. The monoisotopic (exact) mass is 655 g/mol. The van der Waals surface area contributed by atoms with Crippen LogP contribution in [0.4, 0.5) is 4.79 Å². The number of ketones is 1. The highest BCUT2D eigenvalue weighted by atomic mass is 16.6. The van der Waals surface area contributed by atoms with Crippen molar-refractivity contribution in [2.45, 2.75) is 91.7 Å². The van der Waals surface area contributed by atoms with Gasteiger partial charge in [-0.2, -0.15) is 0 Å². The summed E-state index contributed by atoms with van der Waals surface area (Å²) < 4.78 is 11.2. The molecule has 48 heavy (non-hydrogen) atoms. The molecule has 3 aromatic rings. The molecule has 1 N–H and O–H groups in total. The fourth-order valence-corrected chi connectivity index (χ4v) is 5.99. The summed E-state index contributed by atoms with van der Waals surface area (Å²) in [6.45, 7) is 13.1. The summed E-state index contributed by atoms with van der Waals surface area (Å²) in [5.41, 5.74) is 2.79. The lowest BCUT2D eigenvalue weighted by Gasteiger charge is -2.43. The first kappa shape index (κ1) is 36.3. The molecule has 1 aliphatic heterocycles. The van der Waals surface area contributed by atoms with E-state index >= 15 is 4.79 Å². The van der Waals surface area contributed by atoms with E-state index in [4.69, 9.17) is 9.47 Å². The molecule has 0 aromatic heterocycles. The van der Waals surface area contributed by atoms with Crippen LogP contribution in [-0.4, -0.2) is 64.9 Å². The summed E-state index contributed by atoms with van der Waals surface area (Å²) in [6, 6.07) is 22.4. The Bertz CT molecular complexity index is 1590. The first-order chi connectivity index (χ1) is 22.6. The van der Waals surface area contributed by atoms with E-state index in [0.29, 0.717) is 12.0 Å². The average molecular weight is 656 g/mol. The molecule has 3 atom stereocenters. The second-order valence-electron chi connectivity index (χ2n) is 14.5. The molecule has 0 aliphatic carbocycles. The highest BCUT2D eigenvalue weighted by Crippen LogP contribution is 2.32. The molecule has 0 spiro atoms. The van der Waals surface area contributed by atoms with Crippen LogP contribution in [0.5, 0.6) is 0 Å². The maximum Gasteiger partial charge on any atom is 0.408 e. The average Bonchev–Trinajstić information content (AvgIpc) is 3.03. The zero-order chi connectivity index (χ0) is 35.2. The fourth-order valence-electron chi connectivity index (χ4n) is 5.99. The van der Waals surface area contributed by atoms with Gasteiger partial charge in [-0.05, 0) is 55.4 Å². The molecule has 3 amide bonds. The molecule has 0 bridgehead atoms. The molecule has 3 aromatic carbocycles. The van der Waals surface area contributed by atoms with Crippen molar-refractivity contribution in [3.8, 4) is 0 Å². The second kappa shape index (κ2) is 15.2. The van der Waals surface area contributed by atoms with Gasteiger partial charge in [-0.3, -0.25) is 14.4 Å². The van der Waals surface area contributed by atoms with Crippen molar-refractivity contribution >= 4 is 23.7 Å². The number of ether oxygens (including phenoxy) is 2.